The molecule has 2 atom stereocenters. The van der Waals surface area contributed by atoms with Gasteiger partial charge in [0.25, 0.3) is 0 Å². The molecule has 0 saturated carbocycles. The Hall–Kier alpha value is -0.500. The van der Waals surface area contributed by atoms with Crippen molar-refractivity contribution in [2.45, 2.75) is 105 Å². The maximum atomic E-state index is 9.89. The molecule has 0 aliphatic heterocycles. The minimum Gasteiger partial charge on any atom is -0.498 e. The normalized spacial score (nSPS) is 13.0. The van der Waals surface area contributed by atoms with E-state index < -0.39 is 0 Å². The van der Waals surface area contributed by atoms with Crippen molar-refractivity contribution in [2.75, 3.05) is 6.61 Å². The molecule has 0 radical (unpaired) electrons. The van der Waals surface area contributed by atoms with Gasteiger partial charge in [-0.3, -0.25) is 0 Å². The van der Waals surface area contributed by atoms with E-state index in [-0.39, 0.29) is 6.10 Å². The average Bonchev–Trinajstić information content (AvgIpc) is 2.55. The number of unbranched alkanes of at least 4 members (excludes halogenated alkanes) is 3. The Balaban J connectivity index is 0. The van der Waals surface area contributed by atoms with Crippen LogP contribution in [0, 0.1) is 5.92 Å². The Morgan fingerprint density at radius 1 is 0.955 bits per heavy atom. The molecule has 0 bridgehead atoms. The summed E-state index contributed by atoms with van der Waals surface area (Å²) in [4.78, 5) is 0. The first-order chi connectivity index (χ1) is 10.6. The van der Waals surface area contributed by atoms with Crippen molar-refractivity contribution in [3.05, 3.63) is 12.3 Å². The smallest absolute Gasteiger partial charge is 0.0905 e. The Labute approximate surface area is 140 Å². The highest BCUT2D eigenvalue weighted by molar-refractivity contribution is 4.82. The average molecular weight is 315 g/mol. The van der Waals surface area contributed by atoms with Gasteiger partial charge >= 0.3 is 0 Å². The van der Waals surface area contributed by atoms with Crippen molar-refractivity contribution < 1.29 is 9.84 Å². The molecule has 2 heteroatoms. The lowest BCUT2D eigenvalue weighted by Gasteiger charge is -2.19. The van der Waals surface area contributed by atoms with E-state index in [4.69, 9.17) is 4.74 Å². The molecule has 0 heterocycles. The Morgan fingerprint density at radius 3 is 2.14 bits per heavy atom. The second kappa shape index (κ2) is 18.5. The Morgan fingerprint density at radius 2 is 1.59 bits per heavy atom. The fraction of sp³-hybridized carbons (Fsp3) is 0.900. The predicted octanol–water partition coefficient (Wildman–Crippen LogP) is 6.48. The molecule has 0 saturated heterocycles. The summed E-state index contributed by atoms with van der Waals surface area (Å²) >= 11 is 0. The summed E-state index contributed by atoms with van der Waals surface area (Å²) in [6, 6.07) is 0. The first-order valence-electron chi connectivity index (χ1n) is 9.62. The summed E-state index contributed by atoms with van der Waals surface area (Å²) in [5.74, 6) is 1.48. The molecule has 2 unspecified atom stereocenters. The molecular weight excluding hydrogens is 272 g/mol. The largest absolute Gasteiger partial charge is 0.498 e. The molecular formula is C20H42O2. The van der Waals surface area contributed by atoms with E-state index in [0.29, 0.717) is 5.92 Å². The molecule has 0 spiro atoms. The second-order valence-electron chi connectivity index (χ2n) is 5.95. The highest BCUT2D eigenvalue weighted by Gasteiger charge is 2.11. The molecule has 134 valence electrons. The third kappa shape index (κ3) is 15.9. The van der Waals surface area contributed by atoms with Gasteiger partial charge in [-0.25, -0.2) is 0 Å². The van der Waals surface area contributed by atoms with Crippen molar-refractivity contribution in [3.63, 3.8) is 0 Å². The first kappa shape index (κ1) is 23.8. The quantitative estimate of drug-likeness (QED) is 0.293. The summed E-state index contributed by atoms with van der Waals surface area (Å²) in [6.45, 7) is 15.3. The van der Waals surface area contributed by atoms with E-state index in [9.17, 15) is 5.11 Å². The summed E-state index contributed by atoms with van der Waals surface area (Å²) in [5, 5.41) is 9.89. The summed E-state index contributed by atoms with van der Waals surface area (Å²) in [5.41, 5.74) is 0. The van der Waals surface area contributed by atoms with Crippen LogP contribution in [0.2, 0.25) is 0 Å². The number of hydrogen-bond donors (Lipinski definition) is 1. The maximum Gasteiger partial charge on any atom is 0.0905 e. The van der Waals surface area contributed by atoms with E-state index in [1.54, 1.807) is 0 Å². The van der Waals surface area contributed by atoms with Gasteiger partial charge in [-0.15, -0.1) is 0 Å². The van der Waals surface area contributed by atoms with E-state index >= 15 is 0 Å². The molecule has 0 aliphatic carbocycles. The van der Waals surface area contributed by atoms with Gasteiger partial charge in [0.15, 0.2) is 0 Å². The third-order valence-electron chi connectivity index (χ3n) is 3.96. The van der Waals surface area contributed by atoms with Gasteiger partial charge in [-0.05, 0) is 31.6 Å². The maximum absolute atomic E-state index is 9.89. The fourth-order valence-corrected chi connectivity index (χ4v) is 2.30. The number of rotatable bonds is 14. The lowest BCUT2D eigenvalue weighted by molar-refractivity contribution is 0.115. The van der Waals surface area contributed by atoms with Crippen LogP contribution in [0.15, 0.2) is 12.3 Å². The molecule has 2 nitrogen and oxygen atoms in total. The Bertz CT molecular complexity index is 226. The van der Waals surface area contributed by atoms with E-state index in [1.807, 2.05) is 13.8 Å². The van der Waals surface area contributed by atoms with Gasteiger partial charge in [0.1, 0.15) is 0 Å². The number of aliphatic hydroxyl groups excluding tert-OH is 1. The van der Waals surface area contributed by atoms with Gasteiger partial charge in [-0.1, -0.05) is 73.3 Å². The lowest BCUT2D eigenvalue weighted by atomic mass is 9.97. The summed E-state index contributed by atoms with van der Waals surface area (Å²) < 4.78 is 5.78. The van der Waals surface area contributed by atoms with E-state index in [2.05, 4.69) is 27.4 Å². The SMILES string of the molecule is C=C(CCCCC)OCC(CC)CCC(O)CCCC.CC. The van der Waals surface area contributed by atoms with E-state index in [0.717, 1.165) is 57.3 Å². The second-order valence-corrected chi connectivity index (χ2v) is 5.95. The molecule has 0 amide bonds. The molecule has 22 heavy (non-hydrogen) atoms. The van der Waals surface area contributed by atoms with Crippen LogP contribution in [0.3, 0.4) is 0 Å². The predicted molar refractivity (Wildman–Crippen MR) is 99.1 cm³/mol. The van der Waals surface area contributed by atoms with Crippen LogP contribution < -0.4 is 0 Å². The monoisotopic (exact) mass is 314 g/mol. The lowest BCUT2D eigenvalue weighted by Crippen LogP contribution is -2.13. The standard InChI is InChI=1S/C18H36O2.C2H6/c1-5-8-10-11-16(4)20-15-17(7-3)13-14-18(19)12-9-6-2;1-2/h17-19H,4-15H2,1-3H3;1-2H3. The van der Waals surface area contributed by atoms with Crippen LogP contribution in [0.25, 0.3) is 0 Å². The van der Waals surface area contributed by atoms with Gasteiger partial charge in [0.05, 0.1) is 18.5 Å². The van der Waals surface area contributed by atoms with Crippen LogP contribution in [-0.2, 0) is 4.74 Å². The van der Waals surface area contributed by atoms with E-state index in [1.165, 1.54) is 19.3 Å². The highest BCUT2D eigenvalue weighted by atomic mass is 16.5. The molecule has 0 aromatic carbocycles. The summed E-state index contributed by atoms with van der Waals surface area (Å²) in [6.07, 6.45) is 10.8. The fourth-order valence-electron chi connectivity index (χ4n) is 2.30. The number of hydrogen-bond acceptors (Lipinski definition) is 2. The highest BCUT2D eigenvalue weighted by Crippen LogP contribution is 2.18. The minimum atomic E-state index is -0.128. The Kier molecular flexibility index (Phi) is 20.0. The van der Waals surface area contributed by atoms with Crippen molar-refractivity contribution in [1.29, 1.82) is 0 Å². The number of allylic oxidation sites excluding steroid dienone is 1. The minimum absolute atomic E-state index is 0.128. The molecule has 0 rings (SSSR count). The van der Waals surface area contributed by atoms with Crippen LogP contribution >= 0.6 is 0 Å². The van der Waals surface area contributed by atoms with Crippen molar-refractivity contribution in [2.24, 2.45) is 5.92 Å². The van der Waals surface area contributed by atoms with Gasteiger partial charge in [0.2, 0.25) is 0 Å². The van der Waals surface area contributed by atoms with Crippen LogP contribution in [0.4, 0.5) is 0 Å². The molecule has 0 aliphatic rings. The number of ether oxygens (including phenoxy) is 1. The van der Waals surface area contributed by atoms with Gasteiger partial charge in [-0.2, -0.15) is 0 Å². The van der Waals surface area contributed by atoms with Gasteiger partial charge in [0, 0.05) is 6.42 Å². The van der Waals surface area contributed by atoms with Gasteiger partial charge < -0.3 is 9.84 Å². The molecule has 0 aromatic rings. The third-order valence-corrected chi connectivity index (χ3v) is 3.96. The topological polar surface area (TPSA) is 29.5 Å². The van der Waals surface area contributed by atoms with Crippen LogP contribution in [-0.4, -0.2) is 17.8 Å². The van der Waals surface area contributed by atoms with Crippen LogP contribution in [0.1, 0.15) is 98.8 Å². The zero-order chi connectivity index (χ0) is 17.2. The van der Waals surface area contributed by atoms with Crippen molar-refractivity contribution in [1.82, 2.24) is 0 Å². The zero-order valence-electron chi connectivity index (χ0n) is 16.0. The molecule has 0 fully saturated rings. The van der Waals surface area contributed by atoms with Crippen molar-refractivity contribution >= 4 is 0 Å². The molecule has 0 aromatic heterocycles. The number of aliphatic hydroxyl groups is 1. The first-order valence-corrected chi connectivity index (χ1v) is 9.62. The summed E-state index contributed by atoms with van der Waals surface area (Å²) in [7, 11) is 0. The molecule has 1 N–H and O–H groups in total. The van der Waals surface area contributed by atoms with Crippen molar-refractivity contribution in [3.8, 4) is 0 Å². The van der Waals surface area contributed by atoms with Crippen LogP contribution in [0.5, 0.6) is 0 Å². The zero-order valence-corrected chi connectivity index (χ0v) is 16.0.